The molecule has 0 radical (unpaired) electrons. The van der Waals surface area contributed by atoms with Crippen LogP contribution < -0.4 is 17.0 Å². The minimum Gasteiger partial charge on any atom is -0.383 e. The van der Waals surface area contributed by atoms with Crippen LogP contribution in [0.5, 0.6) is 0 Å². The van der Waals surface area contributed by atoms with Gasteiger partial charge in [0.25, 0.3) is 5.56 Å². The molecule has 0 atom stereocenters. The topological polar surface area (TPSA) is 118 Å². The third-order valence-corrected chi connectivity index (χ3v) is 3.74. The van der Waals surface area contributed by atoms with Crippen molar-refractivity contribution in [1.82, 2.24) is 14.5 Å². The predicted molar refractivity (Wildman–Crippen MR) is 87.2 cm³/mol. The first-order chi connectivity index (χ1) is 10.9. The average molecular weight is 328 g/mol. The second kappa shape index (κ2) is 5.26. The summed E-state index contributed by atoms with van der Waals surface area (Å²) in [4.78, 5) is 30.3. The first-order valence-electron chi connectivity index (χ1n) is 6.52. The second-order valence-electron chi connectivity index (χ2n) is 4.89. The van der Waals surface area contributed by atoms with Gasteiger partial charge in [-0.15, -0.1) is 0 Å². The number of halogens is 1. The molecule has 0 aliphatic rings. The zero-order valence-electron chi connectivity index (χ0n) is 11.9. The maximum Gasteiger partial charge on any atom is 0.329 e. The molecule has 2 heterocycles. The summed E-state index contributed by atoms with van der Waals surface area (Å²) in [5, 5.41) is 9.97. The Bertz CT molecular complexity index is 1110. The summed E-state index contributed by atoms with van der Waals surface area (Å²) < 4.78 is 1.17. The summed E-state index contributed by atoms with van der Waals surface area (Å²) in [5.74, 6) is -0.0597. The lowest BCUT2D eigenvalue weighted by Gasteiger charge is -2.12. The summed E-state index contributed by atoms with van der Waals surface area (Å²) >= 11 is 6.01. The number of nitrogen functional groups attached to an aromatic ring is 1. The van der Waals surface area contributed by atoms with Gasteiger partial charge in [0, 0.05) is 17.6 Å². The Morgan fingerprint density at radius 3 is 2.78 bits per heavy atom. The summed E-state index contributed by atoms with van der Waals surface area (Å²) in [6, 6.07) is 8.64. The van der Waals surface area contributed by atoms with Crippen LogP contribution in [0.4, 0.5) is 5.82 Å². The van der Waals surface area contributed by atoms with Crippen molar-refractivity contribution in [3.8, 4) is 17.2 Å². The number of nitrogens with one attached hydrogen (secondary N) is 1. The lowest BCUT2D eigenvalue weighted by atomic mass is 9.98. The number of anilines is 1. The SMILES string of the molecule is Cn1c(=O)[nH]c(=O)c2c(-c3cccc(Cl)c3)c(C#N)c(N)nc21. The average Bonchev–Trinajstić information content (AvgIpc) is 2.51. The van der Waals surface area contributed by atoms with E-state index in [0.717, 1.165) is 0 Å². The Kier molecular flexibility index (Phi) is 3.39. The van der Waals surface area contributed by atoms with Crippen LogP contribution in [-0.4, -0.2) is 14.5 Å². The van der Waals surface area contributed by atoms with E-state index in [-0.39, 0.29) is 22.4 Å². The van der Waals surface area contributed by atoms with Crippen molar-refractivity contribution < 1.29 is 0 Å². The third-order valence-electron chi connectivity index (χ3n) is 3.50. The van der Waals surface area contributed by atoms with Crippen molar-refractivity contribution in [3.63, 3.8) is 0 Å². The molecule has 3 aromatic rings. The number of aromatic amines is 1. The van der Waals surface area contributed by atoms with Crippen LogP contribution in [0.3, 0.4) is 0 Å². The second-order valence-corrected chi connectivity index (χ2v) is 5.32. The van der Waals surface area contributed by atoms with Gasteiger partial charge in [0.05, 0.1) is 5.39 Å². The summed E-state index contributed by atoms with van der Waals surface area (Å²) in [6.07, 6.45) is 0. The van der Waals surface area contributed by atoms with E-state index in [1.54, 1.807) is 24.3 Å². The highest BCUT2D eigenvalue weighted by molar-refractivity contribution is 6.31. The molecule has 2 aromatic heterocycles. The zero-order chi connectivity index (χ0) is 16.7. The number of hydrogen-bond acceptors (Lipinski definition) is 5. The third kappa shape index (κ3) is 2.25. The molecule has 0 spiro atoms. The number of nitrogens with two attached hydrogens (primary N) is 1. The van der Waals surface area contributed by atoms with Crippen LogP contribution in [0.25, 0.3) is 22.2 Å². The van der Waals surface area contributed by atoms with Crippen LogP contribution in [0.15, 0.2) is 33.9 Å². The lowest BCUT2D eigenvalue weighted by molar-refractivity contribution is 0.830. The van der Waals surface area contributed by atoms with Crippen molar-refractivity contribution in [1.29, 1.82) is 5.26 Å². The molecule has 0 fully saturated rings. The fourth-order valence-electron chi connectivity index (χ4n) is 2.43. The van der Waals surface area contributed by atoms with E-state index >= 15 is 0 Å². The van der Waals surface area contributed by atoms with Gasteiger partial charge in [-0.3, -0.25) is 14.3 Å². The number of nitrogens with zero attached hydrogens (tertiary/aromatic N) is 3. The van der Waals surface area contributed by atoms with Crippen molar-refractivity contribution >= 4 is 28.5 Å². The number of H-pyrrole nitrogens is 1. The van der Waals surface area contributed by atoms with Gasteiger partial charge in [0.15, 0.2) is 5.65 Å². The van der Waals surface area contributed by atoms with Crippen LogP contribution >= 0.6 is 11.6 Å². The molecule has 8 heteroatoms. The van der Waals surface area contributed by atoms with Crippen LogP contribution in [0.1, 0.15) is 5.56 Å². The number of benzene rings is 1. The van der Waals surface area contributed by atoms with Crippen molar-refractivity contribution in [2.75, 3.05) is 5.73 Å². The Labute approximate surface area is 134 Å². The highest BCUT2D eigenvalue weighted by Gasteiger charge is 2.20. The van der Waals surface area contributed by atoms with E-state index in [9.17, 15) is 14.9 Å². The maximum absolute atomic E-state index is 12.3. The van der Waals surface area contributed by atoms with Gasteiger partial charge < -0.3 is 5.73 Å². The van der Waals surface area contributed by atoms with E-state index < -0.39 is 11.2 Å². The predicted octanol–water partition coefficient (Wildman–Crippen LogP) is 1.40. The molecule has 3 rings (SSSR count). The van der Waals surface area contributed by atoms with Gasteiger partial charge >= 0.3 is 5.69 Å². The first-order valence-corrected chi connectivity index (χ1v) is 6.90. The smallest absolute Gasteiger partial charge is 0.329 e. The molecule has 0 amide bonds. The standard InChI is InChI=1S/C15H10ClN5O2/c1-21-13-11(14(22)20-15(21)23)10(9(6-17)12(18)19-13)7-3-2-4-8(16)5-7/h2-5H,1H3,(H2,18,19)(H,20,22,23). The minimum absolute atomic E-state index is 0.0592. The molecular weight excluding hydrogens is 318 g/mol. The van der Waals surface area contributed by atoms with Gasteiger partial charge in [-0.2, -0.15) is 5.26 Å². The molecule has 0 aliphatic carbocycles. The van der Waals surface area contributed by atoms with Gasteiger partial charge in [0.1, 0.15) is 17.5 Å². The molecule has 0 bridgehead atoms. The molecule has 0 unspecified atom stereocenters. The fraction of sp³-hybridized carbons (Fsp3) is 0.0667. The molecule has 0 saturated heterocycles. The Hall–Kier alpha value is -3.11. The summed E-state index contributed by atoms with van der Waals surface area (Å²) in [6.45, 7) is 0. The number of nitriles is 1. The number of pyridine rings is 1. The first kappa shape index (κ1) is 14.8. The molecule has 0 aliphatic heterocycles. The number of aromatic nitrogens is 3. The molecule has 114 valence electrons. The van der Waals surface area contributed by atoms with Crippen molar-refractivity contribution in [2.45, 2.75) is 0 Å². The quantitative estimate of drug-likeness (QED) is 0.700. The molecule has 7 nitrogen and oxygen atoms in total. The highest BCUT2D eigenvalue weighted by Crippen LogP contribution is 2.32. The number of rotatable bonds is 1. The van der Waals surface area contributed by atoms with Gasteiger partial charge in [-0.05, 0) is 17.7 Å². The van der Waals surface area contributed by atoms with Crippen molar-refractivity contribution in [2.24, 2.45) is 7.05 Å². The van der Waals surface area contributed by atoms with Crippen molar-refractivity contribution in [3.05, 3.63) is 55.7 Å². The Morgan fingerprint density at radius 1 is 1.39 bits per heavy atom. The number of aryl methyl sites for hydroxylation is 1. The zero-order valence-corrected chi connectivity index (χ0v) is 12.7. The van der Waals surface area contributed by atoms with E-state index in [1.807, 2.05) is 6.07 Å². The fourth-order valence-corrected chi connectivity index (χ4v) is 2.62. The maximum atomic E-state index is 12.3. The molecule has 1 aromatic carbocycles. The van der Waals surface area contributed by atoms with Crippen LogP contribution in [-0.2, 0) is 7.05 Å². The molecule has 0 saturated carbocycles. The van der Waals surface area contributed by atoms with Gasteiger partial charge in [-0.25, -0.2) is 9.78 Å². The van der Waals surface area contributed by atoms with E-state index in [0.29, 0.717) is 16.1 Å². The van der Waals surface area contributed by atoms with Crippen LogP contribution in [0.2, 0.25) is 5.02 Å². The normalized spacial score (nSPS) is 10.7. The minimum atomic E-state index is -0.637. The van der Waals surface area contributed by atoms with E-state index in [4.69, 9.17) is 17.3 Å². The number of hydrogen-bond donors (Lipinski definition) is 2. The Balaban J connectivity index is 2.64. The summed E-state index contributed by atoms with van der Waals surface area (Å²) in [7, 11) is 1.46. The van der Waals surface area contributed by atoms with E-state index in [1.165, 1.54) is 11.6 Å². The molecule has 23 heavy (non-hydrogen) atoms. The monoisotopic (exact) mass is 327 g/mol. The lowest BCUT2D eigenvalue weighted by Crippen LogP contribution is -2.29. The van der Waals surface area contributed by atoms with Gasteiger partial charge in [0.2, 0.25) is 0 Å². The Morgan fingerprint density at radius 2 is 2.13 bits per heavy atom. The highest BCUT2D eigenvalue weighted by atomic mass is 35.5. The van der Waals surface area contributed by atoms with Crippen LogP contribution in [0, 0.1) is 11.3 Å². The number of fused-ring (bicyclic) bond motifs is 1. The summed E-state index contributed by atoms with van der Waals surface area (Å²) in [5.41, 5.74) is 5.60. The molecule has 3 N–H and O–H groups in total. The largest absolute Gasteiger partial charge is 0.383 e. The van der Waals surface area contributed by atoms with E-state index in [2.05, 4.69) is 9.97 Å². The molecular formula is C15H10ClN5O2. The van der Waals surface area contributed by atoms with Gasteiger partial charge in [-0.1, -0.05) is 23.7 Å².